The summed E-state index contributed by atoms with van der Waals surface area (Å²) in [5.41, 5.74) is 22.3. The molecule has 127 heavy (non-hydrogen) atoms. The van der Waals surface area contributed by atoms with Gasteiger partial charge in [0.15, 0.2) is 0 Å². The predicted octanol–water partition coefficient (Wildman–Crippen LogP) is -7.44. The van der Waals surface area contributed by atoms with E-state index in [1.807, 2.05) is 0 Å². The third kappa shape index (κ3) is 42.2. The molecule has 0 aromatic heterocycles. The van der Waals surface area contributed by atoms with Crippen LogP contribution in [0.2, 0.25) is 0 Å². The Hall–Kier alpha value is -11.3. The zero-order valence-electron chi connectivity index (χ0n) is 75.0. The lowest BCUT2D eigenvalue weighted by atomic mass is 9.95. The Bertz CT molecular complexity index is 3790. The van der Waals surface area contributed by atoms with Crippen LogP contribution < -0.4 is 103 Å². The van der Waals surface area contributed by atoms with Crippen molar-refractivity contribution in [3.05, 3.63) is 0 Å². The molecule has 1 rings (SSSR count). The molecule has 0 aliphatic carbocycles. The van der Waals surface area contributed by atoms with Crippen molar-refractivity contribution < 1.29 is 131 Å². The van der Waals surface area contributed by atoms with E-state index in [0.717, 1.165) is 6.92 Å². The number of rotatable bonds is 59. The fraction of sp³-hybridized carbons (Fsp3) is 0.738. The highest BCUT2D eigenvalue weighted by Crippen LogP contribution is 2.21. The fourth-order valence-corrected chi connectivity index (χ4v) is 13.1. The lowest BCUT2D eigenvalue weighted by molar-refractivity contribution is -0.145. The van der Waals surface area contributed by atoms with E-state index in [-0.39, 0.29) is 58.0 Å². The molecule has 1 fully saturated rings. The number of nitrogens with zero attached hydrogens (tertiary/aromatic N) is 1. The van der Waals surface area contributed by atoms with E-state index in [4.69, 9.17) is 22.9 Å². The van der Waals surface area contributed by atoms with Gasteiger partial charge in [-0.2, -0.15) is 0 Å². The molecule has 1 aliphatic rings. The van der Waals surface area contributed by atoms with Crippen LogP contribution in [0.3, 0.4) is 0 Å². The number of carbonyl (C=O) groups excluding carboxylic acids is 18. The highest BCUT2D eigenvalue weighted by molar-refractivity contribution is 6.02. The van der Waals surface area contributed by atoms with Crippen molar-refractivity contribution in [3.8, 4) is 0 Å². The van der Waals surface area contributed by atoms with Gasteiger partial charge in [0.1, 0.15) is 84.6 Å². The zero-order valence-corrected chi connectivity index (χ0v) is 75.0. The van der Waals surface area contributed by atoms with Gasteiger partial charge in [0.2, 0.25) is 106 Å². The maximum Gasteiger partial charge on any atom is 0.326 e. The number of likely N-dealkylation sites (tertiary alicyclic amines) is 1. The van der Waals surface area contributed by atoms with Gasteiger partial charge in [-0.25, -0.2) is 4.79 Å². The number of unbranched alkanes of at least 4 members (excludes halogenated alkanes) is 1. The summed E-state index contributed by atoms with van der Waals surface area (Å²) in [5, 5.41) is 96.4. The molecule has 47 nitrogen and oxygen atoms in total. The number of hydrogen-bond donors (Lipinski definition) is 25. The first-order valence-corrected chi connectivity index (χ1v) is 42.6. The van der Waals surface area contributed by atoms with Gasteiger partial charge in [0, 0.05) is 32.4 Å². The van der Waals surface area contributed by atoms with Crippen LogP contribution in [0.15, 0.2) is 0 Å². The van der Waals surface area contributed by atoms with Crippen LogP contribution in [0.1, 0.15) is 207 Å². The lowest BCUT2D eigenvalue weighted by Gasteiger charge is -2.35. The second-order valence-electron chi connectivity index (χ2n) is 33.5. The van der Waals surface area contributed by atoms with Crippen LogP contribution in [0.4, 0.5) is 0 Å². The van der Waals surface area contributed by atoms with E-state index in [1.54, 1.807) is 41.5 Å². The van der Waals surface area contributed by atoms with Crippen molar-refractivity contribution in [2.75, 3.05) is 26.2 Å². The molecule has 2 unspecified atom stereocenters. The summed E-state index contributed by atoms with van der Waals surface area (Å²) in [6.07, 6.45) is -7.33. The van der Waals surface area contributed by atoms with Gasteiger partial charge in [0.05, 0.1) is 56.1 Å². The standard InChI is InChI=1S/C80H138N20O27/c1-16-39(9)63(96-58(106)34-85-65(111)44(14)86-68(114)47(82)28-41(11)101)77(123)88-48(23-24-56(83)104)69(115)99-64(40(10)17-2)78(124)98-61(37(5)6)75(121)87-45(15)66(112)90-53(32-59(107)108)72(118)93-54(33-60(109)110)73(119)91-50(27-36(3)4)70(116)92-52(30-43(13)103)74(120)97-62(38(7)8)76(122)94-51(29-42(12)102)71(117)95-55(31-57(84)105)79(125)100-26-20-21-46(35-100)67(113)89-49(80(126)127)22-18-19-25-81/h36-55,61-64,101-103H,16-35,81-82H2,1-15H3,(H2,83,104)(H2,84,105)(H,85,111)(H,86,114)(H,87,121)(H,88,123)(H,89,113)(H,90,112)(H,91,119)(H,92,116)(H,93,118)(H,94,122)(H,95,117)(H,96,106)(H,97,120)(H,98,124)(H,99,115)(H,107,108)(H,109,110)(H,126,127)/t39?,40?,41-,42-,43-,44+,45+,46-,47+,48+,49+,50+,51+,52+,53+,54+,55+,61+,62+,63+,64+/m1/s1. The first-order valence-electron chi connectivity index (χ1n) is 42.6. The molecule has 29 N–H and O–H groups in total. The molecular formula is C80H138N20O27. The number of carboxylic acid groups (broad SMARTS) is 3. The first-order chi connectivity index (χ1) is 59.1. The largest absolute Gasteiger partial charge is 0.481 e. The van der Waals surface area contributed by atoms with E-state index in [1.165, 1.54) is 60.3 Å². The van der Waals surface area contributed by atoms with Crippen LogP contribution in [0, 0.1) is 35.5 Å². The summed E-state index contributed by atoms with van der Waals surface area (Å²) >= 11 is 0. The Morgan fingerprint density at radius 3 is 1.24 bits per heavy atom. The SMILES string of the molecule is CCC(C)[C@H](NC(=O)CNC(=O)[C@H](C)NC(=O)[C@@H](N)C[C@@H](C)O)C(=O)N[C@@H](CCC(N)=O)C(=O)N[C@H](C(=O)N[C@H](C(=O)N[C@@H](C)C(=O)N[C@@H](CC(=O)O)C(=O)N[C@@H](CC(=O)O)C(=O)N[C@@H](CC(C)C)C(=O)N[C@@H](C[C@@H](C)O)C(=O)N[C@H](C(=O)N[C@@H](C[C@@H](C)O)C(=O)N[C@@H](CC(N)=O)C(=O)N1CCC[C@@H](C(=O)N[C@@H](CCCCN)C(=O)O)C1)C(C)C)C(C)C)C(C)CC. The summed E-state index contributed by atoms with van der Waals surface area (Å²) < 4.78 is 0. The van der Waals surface area contributed by atoms with Gasteiger partial charge in [0.25, 0.3) is 0 Å². The van der Waals surface area contributed by atoms with Gasteiger partial charge in [-0.15, -0.1) is 0 Å². The van der Waals surface area contributed by atoms with E-state index in [2.05, 4.69) is 79.8 Å². The highest BCUT2D eigenvalue weighted by Gasteiger charge is 2.42. The van der Waals surface area contributed by atoms with Gasteiger partial charge in [-0.1, -0.05) is 82.1 Å². The number of primary amides is 2. The first kappa shape index (κ1) is 114. The molecule has 18 amide bonds. The smallest absolute Gasteiger partial charge is 0.326 e. The minimum atomic E-state index is -2.17. The number of aliphatic carboxylic acids is 3. The lowest BCUT2D eigenvalue weighted by Crippen LogP contribution is -2.62. The fourth-order valence-electron chi connectivity index (χ4n) is 13.1. The van der Waals surface area contributed by atoms with Crippen molar-refractivity contribution in [2.45, 2.75) is 316 Å². The molecule has 0 spiro atoms. The normalized spacial score (nSPS) is 17.3. The molecular weight excluding hydrogens is 1670 g/mol. The number of nitrogens with two attached hydrogens (primary N) is 4. The van der Waals surface area contributed by atoms with Crippen LogP contribution in [-0.2, 0) is 101 Å². The minimum Gasteiger partial charge on any atom is -0.481 e. The van der Waals surface area contributed by atoms with Crippen molar-refractivity contribution in [3.63, 3.8) is 0 Å². The zero-order chi connectivity index (χ0) is 97.3. The number of hydrogen-bond acceptors (Lipinski definition) is 26. The number of aliphatic hydroxyl groups is 3. The Kier molecular flexibility index (Phi) is 50.7. The average molecular weight is 1810 g/mol. The molecule has 0 aromatic rings. The van der Waals surface area contributed by atoms with Gasteiger partial charge < -0.3 is 138 Å². The Labute approximate surface area is 737 Å². The number of nitrogens with one attached hydrogen (secondary N) is 15. The Morgan fingerprint density at radius 2 is 0.787 bits per heavy atom. The molecule has 0 saturated carbocycles. The highest BCUT2D eigenvalue weighted by atomic mass is 16.4. The number of carbonyl (C=O) groups is 21. The molecule has 1 heterocycles. The summed E-state index contributed by atoms with van der Waals surface area (Å²) in [7, 11) is 0. The van der Waals surface area contributed by atoms with Crippen LogP contribution in [-0.4, -0.2) is 295 Å². The molecule has 0 aromatic carbocycles. The van der Waals surface area contributed by atoms with Crippen molar-refractivity contribution in [1.82, 2.24) is 84.7 Å². The molecule has 21 atom stereocenters. The summed E-state index contributed by atoms with van der Waals surface area (Å²) in [4.78, 5) is 285. The van der Waals surface area contributed by atoms with E-state index in [9.17, 15) is 131 Å². The Balaban J connectivity index is 3.50. The number of piperidine rings is 1. The predicted molar refractivity (Wildman–Crippen MR) is 453 cm³/mol. The summed E-state index contributed by atoms with van der Waals surface area (Å²) in [6, 6.07) is -24.1. The van der Waals surface area contributed by atoms with Gasteiger partial charge in [-0.3, -0.25) is 95.9 Å². The number of carboxylic acids is 3. The maximum atomic E-state index is 14.4. The van der Waals surface area contributed by atoms with Gasteiger partial charge >= 0.3 is 17.9 Å². The maximum absolute atomic E-state index is 14.4. The molecule has 1 saturated heterocycles. The third-order valence-corrected chi connectivity index (χ3v) is 20.7. The van der Waals surface area contributed by atoms with Crippen LogP contribution >= 0.6 is 0 Å². The third-order valence-electron chi connectivity index (χ3n) is 20.7. The number of amides is 18. The molecule has 720 valence electrons. The molecule has 0 radical (unpaired) electrons. The Morgan fingerprint density at radius 1 is 0.394 bits per heavy atom. The van der Waals surface area contributed by atoms with E-state index in [0.29, 0.717) is 19.4 Å². The quantitative estimate of drug-likeness (QED) is 0.0252. The molecule has 0 bridgehead atoms. The molecule has 47 heteroatoms. The van der Waals surface area contributed by atoms with E-state index < -0.39 is 320 Å². The van der Waals surface area contributed by atoms with Crippen molar-refractivity contribution in [2.24, 2.45) is 58.4 Å². The monoisotopic (exact) mass is 1810 g/mol. The summed E-state index contributed by atoms with van der Waals surface area (Å²) in [5.74, 6) is -27.7. The van der Waals surface area contributed by atoms with Crippen molar-refractivity contribution >= 4 is 124 Å². The van der Waals surface area contributed by atoms with Crippen molar-refractivity contribution in [1.29, 1.82) is 0 Å². The molecule has 1 aliphatic heterocycles. The van der Waals surface area contributed by atoms with Crippen LogP contribution in [0.5, 0.6) is 0 Å². The van der Waals surface area contributed by atoms with Gasteiger partial charge in [-0.05, 0) is 122 Å². The van der Waals surface area contributed by atoms with E-state index >= 15 is 0 Å². The minimum absolute atomic E-state index is 0.0421. The summed E-state index contributed by atoms with van der Waals surface area (Å²) in [6.45, 7) is 21.3. The van der Waals surface area contributed by atoms with Crippen LogP contribution in [0.25, 0.3) is 0 Å². The average Bonchev–Trinajstić information content (AvgIpc) is 0.835. The topological polar surface area (TPSA) is 768 Å². The number of aliphatic hydroxyl groups excluding tert-OH is 3. The second kappa shape index (κ2) is 56.7. The second-order valence-corrected chi connectivity index (χ2v) is 33.5.